The van der Waals surface area contributed by atoms with Crippen molar-refractivity contribution in [2.45, 2.75) is 32.4 Å². The van der Waals surface area contributed by atoms with Crippen molar-refractivity contribution in [1.29, 1.82) is 0 Å². The molecule has 0 bridgehead atoms. The average molecular weight is 269 g/mol. The lowest BCUT2D eigenvalue weighted by Gasteiger charge is -2.19. The van der Waals surface area contributed by atoms with Crippen LogP contribution in [0, 0.1) is 0 Å². The summed E-state index contributed by atoms with van der Waals surface area (Å²) in [7, 11) is 1.53. The Kier molecular flexibility index (Phi) is 4.65. The van der Waals surface area contributed by atoms with Crippen molar-refractivity contribution in [3.63, 3.8) is 0 Å². The van der Waals surface area contributed by atoms with Gasteiger partial charge in [0, 0.05) is 11.6 Å². The highest BCUT2D eigenvalue weighted by molar-refractivity contribution is 7.91. The normalized spacial score (nSPS) is 14.4. The molecule has 1 rings (SSSR count). The number of nitrogens with zero attached hydrogens (tertiary/aromatic N) is 1. The summed E-state index contributed by atoms with van der Waals surface area (Å²) in [5.74, 6) is 0.641. The summed E-state index contributed by atoms with van der Waals surface area (Å²) >= 11 is -1.34. The number of phenolic OH excluding ortho intramolecular Hbond substituents is 1. The van der Waals surface area contributed by atoms with E-state index in [1.54, 1.807) is 19.1 Å². The molecule has 0 saturated carbocycles. The fraction of sp³-hybridized carbons (Fsp3) is 0.462. The van der Waals surface area contributed by atoms with E-state index in [9.17, 15) is 9.66 Å². The first-order valence-corrected chi connectivity index (χ1v) is 6.71. The number of benzene rings is 1. The third kappa shape index (κ3) is 3.65. The van der Waals surface area contributed by atoms with Crippen LogP contribution in [-0.4, -0.2) is 27.2 Å². The van der Waals surface area contributed by atoms with Gasteiger partial charge in [0.1, 0.15) is 27.6 Å². The molecule has 18 heavy (non-hydrogen) atoms. The number of aromatic hydroxyl groups is 1. The highest BCUT2D eigenvalue weighted by Crippen LogP contribution is 2.25. The molecule has 0 fully saturated rings. The van der Waals surface area contributed by atoms with Crippen LogP contribution in [0.25, 0.3) is 0 Å². The number of methoxy groups -OCH3 is 1. The first kappa shape index (κ1) is 14.9. The molecule has 0 aliphatic carbocycles. The lowest BCUT2D eigenvalue weighted by atomic mass is 10.1. The maximum absolute atomic E-state index is 11.9. The van der Waals surface area contributed by atoms with Crippen molar-refractivity contribution in [2.75, 3.05) is 7.11 Å². The van der Waals surface area contributed by atoms with Crippen molar-refractivity contribution in [1.82, 2.24) is 0 Å². The van der Waals surface area contributed by atoms with E-state index in [4.69, 9.17) is 4.74 Å². The molecule has 5 heteroatoms. The lowest BCUT2D eigenvalue weighted by molar-refractivity contribution is 0.407. The van der Waals surface area contributed by atoms with Gasteiger partial charge in [0.05, 0.1) is 12.8 Å². The molecule has 1 atom stereocenters. The zero-order valence-electron chi connectivity index (χ0n) is 11.4. The van der Waals surface area contributed by atoms with Crippen molar-refractivity contribution in [2.24, 2.45) is 4.40 Å². The fourth-order valence-electron chi connectivity index (χ4n) is 1.25. The SMILES string of the molecule is COc1ccc(/C(C)=N/[S@@+]([O-])C(C)(C)C)c(O)c1. The maximum atomic E-state index is 11.9. The van der Waals surface area contributed by atoms with E-state index >= 15 is 0 Å². The summed E-state index contributed by atoms with van der Waals surface area (Å²) in [5, 5.41) is 9.85. The first-order chi connectivity index (χ1) is 8.25. The van der Waals surface area contributed by atoms with E-state index in [2.05, 4.69) is 4.40 Å². The predicted molar refractivity (Wildman–Crippen MR) is 74.8 cm³/mol. The average Bonchev–Trinajstić information content (AvgIpc) is 2.27. The smallest absolute Gasteiger partial charge is 0.144 e. The summed E-state index contributed by atoms with van der Waals surface area (Å²) in [6.45, 7) is 7.29. The Morgan fingerprint density at radius 3 is 2.44 bits per heavy atom. The number of hydrogen-bond donors (Lipinski definition) is 1. The van der Waals surface area contributed by atoms with Gasteiger partial charge >= 0.3 is 0 Å². The molecule has 0 amide bonds. The Balaban J connectivity index is 3.04. The van der Waals surface area contributed by atoms with Crippen LogP contribution < -0.4 is 4.74 Å². The second-order valence-electron chi connectivity index (χ2n) is 4.92. The number of hydrogen-bond acceptors (Lipinski definition) is 4. The highest BCUT2D eigenvalue weighted by Gasteiger charge is 2.27. The Bertz CT molecular complexity index is 452. The van der Waals surface area contributed by atoms with E-state index in [0.717, 1.165) is 0 Å². The molecule has 0 aliphatic heterocycles. The van der Waals surface area contributed by atoms with E-state index in [-0.39, 0.29) is 5.75 Å². The van der Waals surface area contributed by atoms with Crippen LogP contribution in [0.1, 0.15) is 33.3 Å². The fourth-order valence-corrected chi connectivity index (χ4v) is 1.88. The van der Waals surface area contributed by atoms with Gasteiger partial charge in [-0.15, -0.1) is 0 Å². The number of rotatable bonds is 3. The molecular weight excluding hydrogens is 250 g/mol. The van der Waals surface area contributed by atoms with Crippen LogP contribution >= 0.6 is 0 Å². The van der Waals surface area contributed by atoms with Gasteiger partial charge in [0.2, 0.25) is 0 Å². The quantitative estimate of drug-likeness (QED) is 0.677. The van der Waals surface area contributed by atoms with Gasteiger partial charge in [0.15, 0.2) is 0 Å². The number of ether oxygens (including phenoxy) is 1. The molecule has 0 aliphatic rings. The van der Waals surface area contributed by atoms with E-state index in [0.29, 0.717) is 17.0 Å². The summed E-state index contributed by atoms with van der Waals surface area (Å²) in [6, 6.07) is 4.94. The van der Waals surface area contributed by atoms with Crippen LogP contribution in [0.5, 0.6) is 11.5 Å². The van der Waals surface area contributed by atoms with E-state index < -0.39 is 16.1 Å². The minimum atomic E-state index is -1.34. The maximum Gasteiger partial charge on any atom is 0.144 e. The minimum Gasteiger partial charge on any atom is -0.591 e. The van der Waals surface area contributed by atoms with Gasteiger partial charge in [-0.3, -0.25) is 0 Å². The highest BCUT2D eigenvalue weighted by atomic mass is 32.2. The van der Waals surface area contributed by atoms with Crippen molar-refractivity contribution in [3.05, 3.63) is 23.8 Å². The van der Waals surface area contributed by atoms with Crippen molar-refractivity contribution >= 4 is 17.1 Å². The van der Waals surface area contributed by atoms with Gasteiger partial charge in [-0.2, -0.15) is 0 Å². The Morgan fingerprint density at radius 2 is 2.00 bits per heavy atom. The van der Waals surface area contributed by atoms with E-state index in [1.807, 2.05) is 20.8 Å². The van der Waals surface area contributed by atoms with Gasteiger partial charge in [-0.25, -0.2) is 0 Å². The van der Waals surface area contributed by atoms with Gasteiger partial charge in [-0.1, -0.05) is 4.40 Å². The molecule has 1 aromatic carbocycles. The third-order valence-electron chi connectivity index (χ3n) is 2.34. The van der Waals surface area contributed by atoms with E-state index in [1.165, 1.54) is 13.2 Å². The van der Waals surface area contributed by atoms with Crippen molar-refractivity contribution < 1.29 is 14.4 Å². The second kappa shape index (κ2) is 5.63. The molecule has 0 unspecified atom stereocenters. The van der Waals surface area contributed by atoms with Crippen LogP contribution in [0.15, 0.2) is 22.6 Å². The summed E-state index contributed by atoms with van der Waals surface area (Å²) in [4.78, 5) is 0. The molecular formula is C13H19NO3S. The summed E-state index contributed by atoms with van der Waals surface area (Å²) in [5.41, 5.74) is 1.11. The summed E-state index contributed by atoms with van der Waals surface area (Å²) in [6.07, 6.45) is 0. The molecule has 0 heterocycles. The predicted octanol–water partition coefficient (Wildman–Crippen LogP) is 2.67. The standard InChI is InChI=1S/C13H19NO3S/c1-9(14-18(16)13(2,3)4)11-7-6-10(17-5)8-12(11)15/h6-8,15H,1-5H3/b14-9+/t18-/m0/s1. The van der Waals surface area contributed by atoms with Crippen LogP contribution in [0.2, 0.25) is 0 Å². The van der Waals surface area contributed by atoms with Crippen LogP contribution in [0.3, 0.4) is 0 Å². The third-order valence-corrected chi connectivity index (χ3v) is 3.83. The van der Waals surface area contributed by atoms with Crippen LogP contribution in [0.4, 0.5) is 0 Å². The van der Waals surface area contributed by atoms with Gasteiger partial charge < -0.3 is 14.4 Å². The zero-order valence-corrected chi connectivity index (χ0v) is 12.2. The summed E-state index contributed by atoms with van der Waals surface area (Å²) < 4.78 is 20.6. The molecule has 1 aromatic rings. The van der Waals surface area contributed by atoms with Crippen molar-refractivity contribution in [3.8, 4) is 11.5 Å². The molecule has 0 aromatic heterocycles. The van der Waals surface area contributed by atoms with Gasteiger partial charge in [0.25, 0.3) is 0 Å². The topological polar surface area (TPSA) is 64.9 Å². The molecule has 4 nitrogen and oxygen atoms in total. The first-order valence-electron chi connectivity index (χ1n) is 5.60. The Hall–Kier alpha value is -1.20. The molecule has 0 saturated heterocycles. The second-order valence-corrected chi connectivity index (χ2v) is 6.83. The lowest BCUT2D eigenvalue weighted by Crippen LogP contribution is -2.26. The Labute approximate surface area is 111 Å². The monoisotopic (exact) mass is 269 g/mol. The van der Waals surface area contributed by atoms with Gasteiger partial charge in [-0.05, 0) is 39.8 Å². The Morgan fingerprint density at radius 1 is 1.39 bits per heavy atom. The molecule has 100 valence electrons. The minimum absolute atomic E-state index is 0.0708. The number of phenols is 1. The molecule has 0 spiro atoms. The molecule has 0 radical (unpaired) electrons. The van der Waals surface area contributed by atoms with Crippen LogP contribution in [-0.2, 0) is 11.4 Å². The molecule has 1 N–H and O–H groups in total. The largest absolute Gasteiger partial charge is 0.591 e. The zero-order chi connectivity index (χ0) is 13.9.